The van der Waals surface area contributed by atoms with Gasteiger partial charge in [-0.1, -0.05) is 42.5 Å². The van der Waals surface area contributed by atoms with Gasteiger partial charge in [0.05, 0.1) is 22.9 Å². The molecule has 1 unspecified atom stereocenters. The van der Waals surface area contributed by atoms with Crippen molar-refractivity contribution in [3.8, 4) is 5.88 Å². The van der Waals surface area contributed by atoms with Crippen molar-refractivity contribution in [3.63, 3.8) is 0 Å². The molecule has 10 nitrogen and oxygen atoms in total. The van der Waals surface area contributed by atoms with Crippen LogP contribution in [-0.4, -0.2) is 24.4 Å². The molecule has 4 N–H and O–H groups in total. The summed E-state index contributed by atoms with van der Waals surface area (Å²) in [7, 11) is 0. The van der Waals surface area contributed by atoms with Crippen LogP contribution in [-0.2, 0) is 13.2 Å². The molecule has 10 heteroatoms. The zero-order valence-corrected chi connectivity index (χ0v) is 16.8. The van der Waals surface area contributed by atoms with Gasteiger partial charge in [0.1, 0.15) is 6.61 Å². The molecule has 2 heterocycles. The minimum atomic E-state index is -0.405. The van der Waals surface area contributed by atoms with E-state index in [1.54, 1.807) is 29.1 Å². The van der Waals surface area contributed by atoms with Crippen molar-refractivity contribution in [2.75, 3.05) is 5.73 Å². The van der Waals surface area contributed by atoms with E-state index < -0.39 is 11.0 Å². The first-order chi connectivity index (χ1) is 15.0. The zero-order chi connectivity index (χ0) is 22.0. The summed E-state index contributed by atoms with van der Waals surface area (Å²) >= 11 is 0. The maximum absolute atomic E-state index is 11.4. The molecule has 0 radical (unpaired) electrons. The Morgan fingerprint density at radius 1 is 1.13 bits per heavy atom. The van der Waals surface area contributed by atoms with Gasteiger partial charge in [0.2, 0.25) is 11.8 Å². The largest absolute Gasteiger partial charge is 0.471 e. The Morgan fingerprint density at radius 3 is 2.55 bits per heavy atom. The number of anilines is 1. The number of aromatic nitrogens is 4. The van der Waals surface area contributed by atoms with Crippen molar-refractivity contribution in [2.45, 2.75) is 26.1 Å². The van der Waals surface area contributed by atoms with Gasteiger partial charge in [-0.2, -0.15) is 9.97 Å². The van der Waals surface area contributed by atoms with Crippen molar-refractivity contribution in [1.29, 1.82) is 0 Å². The second kappa shape index (κ2) is 8.36. The summed E-state index contributed by atoms with van der Waals surface area (Å²) in [6, 6.07) is 13.9. The normalized spacial score (nSPS) is 12.1. The molecular formula is C21H21N7O3. The smallest absolute Gasteiger partial charge is 0.274 e. The number of hydrogen-bond acceptors (Lipinski definition) is 8. The number of para-hydroxylation sites is 1. The lowest BCUT2D eigenvalue weighted by Gasteiger charge is -2.15. The molecule has 0 aliphatic heterocycles. The number of imidazole rings is 1. The van der Waals surface area contributed by atoms with Crippen LogP contribution in [0.15, 0.2) is 54.9 Å². The standard InChI is InChI=1S/C21H21N7O3/c1-13(16-4-2-3-5-17(16)28(29)30)27-12-24-18-19(27)25-21(23)26-20(18)31-11-15-8-6-14(10-22)7-9-15/h2-9,12-13H,10-11,22H2,1H3,(H2,23,25,26). The molecule has 0 fully saturated rings. The first-order valence-electron chi connectivity index (χ1n) is 9.62. The highest BCUT2D eigenvalue weighted by atomic mass is 16.6. The molecule has 0 spiro atoms. The third-order valence-corrected chi connectivity index (χ3v) is 5.04. The van der Waals surface area contributed by atoms with E-state index in [-0.39, 0.29) is 24.1 Å². The van der Waals surface area contributed by atoms with Crippen molar-refractivity contribution in [2.24, 2.45) is 5.73 Å². The lowest BCUT2D eigenvalue weighted by molar-refractivity contribution is -0.385. The third kappa shape index (κ3) is 4.01. The Hall–Kier alpha value is -4.05. The van der Waals surface area contributed by atoms with Crippen LogP contribution in [0.25, 0.3) is 11.2 Å². The lowest BCUT2D eigenvalue weighted by atomic mass is 10.1. The number of rotatable bonds is 7. The zero-order valence-electron chi connectivity index (χ0n) is 16.8. The Bertz CT molecular complexity index is 1240. The summed E-state index contributed by atoms with van der Waals surface area (Å²) in [6.45, 7) is 2.57. The predicted octanol–water partition coefficient (Wildman–Crippen LogP) is 2.96. The van der Waals surface area contributed by atoms with Gasteiger partial charge >= 0.3 is 0 Å². The van der Waals surface area contributed by atoms with Crippen LogP contribution in [0.2, 0.25) is 0 Å². The Kier molecular flexibility index (Phi) is 5.46. The molecule has 158 valence electrons. The van der Waals surface area contributed by atoms with Crippen LogP contribution in [0.4, 0.5) is 11.6 Å². The highest BCUT2D eigenvalue weighted by Gasteiger charge is 2.23. The minimum Gasteiger partial charge on any atom is -0.471 e. The van der Waals surface area contributed by atoms with Crippen molar-refractivity contribution >= 4 is 22.8 Å². The number of ether oxygens (including phenoxy) is 1. The predicted molar refractivity (Wildman–Crippen MR) is 115 cm³/mol. The van der Waals surface area contributed by atoms with E-state index in [1.807, 2.05) is 31.2 Å². The van der Waals surface area contributed by atoms with Crippen molar-refractivity contribution in [3.05, 3.63) is 81.7 Å². The minimum absolute atomic E-state index is 0.0243. The van der Waals surface area contributed by atoms with Crippen LogP contribution in [0.5, 0.6) is 5.88 Å². The number of hydrogen-bond donors (Lipinski definition) is 2. The number of nitrogens with zero attached hydrogens (tertiary/aromatic N) is 5. The highest BCUT2D eigenvalue weighted by Crippen LogP contribution is 2.31. The Morgan fingerprint density at radius 2 is 1.84 bits per heavy atom. The Labute approximate surface area is 177 Å². The molecule has 2 aromatic carbocycles. The number of fused-ring (bicyclic) bond motifs is 1. The molecule has 0 aliphatic carbocycles. The average molecular weight is 419 g/mol. The maximum atomic E-state index is 11.4. The summed E-state index contributed by atoms with van der Waals surface area (Å²) in [4.78, 5) is 23.9. The van der Waals surface area contributed by atoms with Gasteiger partial charge in [0, 0.05) is 12.6 Å². The molecule has 0 aliphatic rings. The van der Waals surface area contributed by atoms with E-state index in [1.165, 1.54) is 6.07 Å². The van der Waals surface area contributed by atoms with Crippen LogP contribution in [0.3, 0.4) is 0 Å². The van der Waals surface area contributed by atoms with E-state index in [0.717, 1.165) is 11.1 Å². The quantitative estimate of drug-likeness (QED) is 0.343. The fourth-order valence-electron chi connectivity index (χ4n) is 3.37. The molecule has 0 amide bonds. The van der Waals surface area contributed by atoms with E-state index >= 15 is 0 Å². The van der Waals surface area contributed by atoms with E-state index in [4.69, 9.17) is 16.2 Å². The number of nitro benzene ring substituents is 1. The topological polar surface area (TPSA) is 148 Å². The molecule has 4 aromatic rings. The third-order valence-electron chi connectivity index (χ3n) is 5.04. The summed E-state index contributed by atoms with van der Waals surface area (Å²) in [5, 5.41) is 11.4. The van der Waals surface area contributed by atoms with Crippen molar-refractivity contribution in [1.82, 2.24) is 19.5 Å². The van der Waals surface area contributed by atoms with Gasteiger partial charge in [0.25, 0.3) is 5.69 Å². The van der Waals surface area contributed by atoms with E-state index in [2.05, 4.69) is 15.0 Å². The van der Waals surface area contributed by atoms with Gasteiger partial charge in [-0.15, -0.1) is 0 Å². The van der Waals surface area contributed by atoms with E-state index in [0.29, 0.717) is 23.3 Å². The number of nitrogens with two attached hydrogens (primary N) is 2. The molecule has 2 aromatic heterocycles. The first kappa shape index (κ1) is 20.2. The first-order valence-corrected chi connectivity index (χ1v) is 9.62. The monoisotopic (exact) mass is 419 g/mol. The van der Waals surface area contributed by atoms with Crippen LogP contribution < -0.4 is 16.2 Å². The summed E-state index contributed by atoms with van der Waals surface area (Å²) < 4.78 is 7.59. The Balaban J connectivity index is 1.67. The second-order valence-electron chi connectivity index (χ2n) is 7.01. The van der Waals surface area contributed by atoms with Crippen LogP contribution in [0, 0.1) is 10.1 Å². The van der Waals surface area contributed by atoms with Crippen molar-refractivity contribution < 1.29 is 9.66 Å². The molecule has 4 rings (SSSR count). The number of nitro groups is 1. The molecular weight excluding hydrogens is 398 g/mol. The highest BCUT2D eigenvalue weighted by molar-refractivity contribution is 5.78. The second-order valence-corrected chi connectivity index (χ2v) is 7.01. The fourth-order valence-corrected chi connectivity index (χ4v) is 3.37. The SMILES string of the molecule is CC(c1ccccc1[N+](=O)[O-])n1cnc2c(OCc3ccc(CN)cc3)nc(N)nc21. The average Bonchev–Trinajstić information content (AvgIpc) is 3.21. The van der Waals surface area contributed by atoms with Gasteiger partial charge in [-0.25, -0.2) is 4.98 Å². The molecule has 1 atom stereocenters. The van der Waals surface area contributed by atoms with Crippen LogP contribution >= 0.6 is 0 Å². The fraction of sp³-hybridized carbons (Fsp3) is 0.190. The molecule has 0 bridgehead atoms. The number of benzene rings is 2. The molecule has 0 saturated carbocycles. The van der Waals surface area contributed by atoms with Gasteiger partial charge in [-0.3, -0.25) is 10.1 Å². The lowest BCUT2D eigenvalue weighted by Crippen LogP contribution is -2.10. The number of nitrogen functional groups attached to an aromatic ring is 1. The summed E-state index contributed by atoms with van der Waals surface area (Å²) in [5.41, 5.74) is 14.9. The van der Waals surface area contributed by atoms with Gasteiger partial charge in [-0.05, 0) is 18.1 Å². The summed E-state index contributed by atoms with van der Waals surface area (Å²) in [5.74, 6) is 0.274. The summed E-state index contributed by atoms with van der Waals surface area (Å²) in [6.07, 6.45) is 1.56. The van der Waals surface area contributed by atoms with Gasteiger partial charge in [0.15, 0.2) is 11.2 Å². The van der Waals surface area contributed by atoms with Gasteiger partial charge < -0.3 is 20.8 Å². The van der Waals surface area contributed by atoms with E-state index in [9.17, 15) is 10.1 Å². The molecule has 31 heavy (non-hydrogen) atoms. The maximum Gasteiger partial charge on any atom is 0.274 e. The van der Waals surface area contributed by atoms with Crippen LogP contribution in [0.1, 0.15) is 29.7 Å². The molecule has 0 saturated heterocycles.